The molecule has 1 aromatic carbocycles. The van der Waals surface area contributed by atoms with E-state index in [1.165, 1.54) is 30.6 Å². The van der Waals surface area contributed by atoms with E-state index in [-0.39, 0.29) is 0 Å². The molecule has 0 spiro atoms. The van der Waals surface area contributed by atoms with Gasteiger partial charge in [-0.2, -0.15) is 11.8 Å². The number of nitrogens with two attached hydrogens (primary N) is 1. The van der Waals surface area contributed by atoms with Gasteiger partial charge in [0.2, 0.25) is 0 Å². The molecule has 1 aliphatic carbocycles. The Morgan fingerprint density at radius 2 is 1.93 bits per heavy atom. The minimum Gasteiger partial charge on any atom is -0.399 e. The number of benzene rings is 1. The molecule has 1 aliphatic rings. The van der Waals surface area contributed by atoms with Crippen LogP contribution in [-0.2, 0) is 5.41 Å². The van der Waals surface area contributed by atoms with Gasteiger partial charge < -0.3 is 5.73 Å². The third-order valence-electron chi connectivity index (χ3n) is 3.25. The molecule has 0 atom stereocenters. The van der Waals surface area contributed by atoms with Crippen LogP contribution in [-0.4, -0.2) is 12.0 Å². The summed E-state index contributed by atoms with van der Waals surface area (Å²) in [6.45, 7) is 0. The summed E-state index contributed by atoms with van der Waals surface area (Å²) in [5, 5.41) is 0. The fourth-order valence-corrected chi connectivity index (χ4v) is 3.24. The predicted octanol–water partition coefficient (Wildman–Crippen LogP) is 3.05. The molecule has 1 saturated carbocycles. The number of anilines is 1. The van der Waals surface area contributed by atoms with E-state index in [9.17, 15) is 0 Å². The van der Waals surface area contributed by atoms with Crippen LogP contribution in [0, 0.1) is 0 Å². The summed E-state index contributed by atoms with van der Waals surface area (Å²) in [5.74, 6) is 1.25. The highest BCUT2D eigenvalue weighted by atomic mass is 32.2. The second-order valence-electron chi connectivity index (χ2n) is 4.19. The van der Waals surface area contributed by atoms with Gasteiger partial charge in [-0.25, -0.2) is 0 Å². The van der Waals surface area contributed by atoms with E-state index in [0.717, 1.165) is 5.69 Å². The third kappa shape index (κ3) is 1.63. The maximum atomic E-state index is 5.70. The fourth-order valence-electron chi connectivity index (χ4n) is 2.23. The van der Waals surface area contributed by atoms with E-state index in [0.29, 0.717) is 5.41 Å². The van der Waals surface area contributed by atoms with Crippen LogP contribution in [0.3, 0.4) is 0 Å². The quantitative estimate of drug-likeness (QED) is 0.771. The maximum Gasteiger partial charge on any atom is 0.0314 e. The Labute approximate surface area is 90.1 Å². The largest absolute Gasteiger partial charge is 0.399 e. The van der Waals surface area contributed by atoms with Crippen molar-refractivity contribution in [1.29, 1.82) is 0 Å². The summed E-state index contributed by atoms with van der Waals surface area (Å²) in [6, 6.07) is 8.45. The number of hydrogen-bond donors (Lipinski definition) is 1. The van der Waals surface area contributed by atoms with Crippen LogP contribution in [0.1, 0.15) is 24.8 Å². The minimum absolute atomic E-state index is 0.465. The van der Waals surface area contributed by atoms with Crippen LogP contribution in [0.5, 0.6) is 0 Å². The second kappa shape index (κ2) is 3.85. The van der Waals surface area contributed by atoms with Crippen molar-refractivity contribution < 1.29 is 0 Å². The van der Waals surface area contributed by atoms with E-state index in [4.69, 9.17) is 5.73 Å². The van der Waals surface area contributed by atoms with Crippen molar-refractivity contribution in [1.82, 2.24) is 0 Å². The Bertz CT molecular complexity index is 301. The van der Waals surface area contributed by atoms with Gasteiger partial charge in [0.1, 0.15) is 0 Å². The Hall–Kier alpha value is -0.630. The van der Waals surface area contributed by atoms with Gasteiger partial charge in [-0.1, -0.05) is 18.6 Å². The molecule has 1 aromatic rings. The molecule has 0 unspecified atom stereocenters. The lowest BCUT2D eigenvalue weighted by Gasteiger charge is -2.42. The highest BCUT2D eigenvalue weighted by Gasteiger charge is 2.37. The number of rotatable bonds is 3. The van der Waals surface area contributed by atoms with Gasteiger partial charge in [0, 0.05) is 16.9 Å². The summed E-state index contributed by atoms with van der Waals surface area (Å²) >= 11 is 1.95. The van der Waals surface area contributed by atoms with Crippen LogP contribution in [0.2, 0.25) is 0 Å². The van der Waals surface area contributed by atoms with Gasteiger partial charge in [-0.3, -0.25) is 0 Å². The lowest BCUT2D eigenvalue weighted by Crippen LogP contribution is -2.36. The Kier molecular flexibility index (Phi) is 2.73. The normalized spacial score (nSPS) is 18.9. The van der Waals surface area contributed by atoms with Crippen molar-refractivity contribution >= 4 is 17.4 Å². The highest BCUT2D eigenvalue weighted by molar-refractivity contribution is 7.98. The van der Waals surface area contributed by atoms with Crippen LogP contribution < -0.4 is 5.73 Å². The van der Waals surface area contributed by atoms with E-state index in [1.807, 2.05) is 23.9 Å². The molecule has 0 saturated heterocycles. The zero-order valence-corrected chi connectivity index (χ0v) is 9.44. The Balaban J connectivity index is 2.23. The third-order valence-corrected chi connectivity index (χ3v) is 4.10. The first-order chi connectivity index (χ1) is 6.77. The van der Waals surface area contributed by atoms with Crippen molar-refractivity contribution in [3.8, 4) is 0 Å². The first-order valence-electron chi connectivity index (χ1n) is 5.12. The average molecular weight is 207 g/mol. The van der Waals surface area contributed by atoms with Crippen LogP contribution >= 0.6 is 11.8 Å². The van der Waals surface area contributed by atoms with Crippen molar-refractivity contribution in [2.75, 3.05) is 17.7 Å². The molecular weight excluding hydrogens is 190 g/mol. The molecular formula is C12H17NS. The molecule has 0 bridgehead atoms. The van der Waals surface area contributed by atoms with Crippen molar-refractivity contribution in [2.45, 2.75) is 24.7 Å². The van der Waals surface area contributed by atoms with Crippen molar-refractivity contribution in [3.63, 3.8) is 0 Å². The molecule has 2 N–H and O–H groups in total. The first-order valence-corrected chi connectivity index (χ1v) is 6.51. The molecule has 0 radical (unpaired) electrons. The molecule has 0 amide bonds. The van der Waals surface area contributed by atoms with Gasteiger partial charge in [-0.15, -0.1) is 0 Å². The van der Waals surface area contributed by atoms with E-state index in [2.05, 4.69) is 18.4 Å². The topological polar surface area (TPSA) is 26.0 Å². The summed E-state index contributed by atoms with van der Waals surface area (Å²) < 4.78 is 0. The zero-order valence-electron chi connectivity index (χ0n) is 8.62. The number of hydrogen-bond acceptors (Lipinski definition) is 2. The molecule has 1 nitrogen and oxygen atoms in total. The standard InChI is InChI=1S/C12H17NS/c1-14-9-12(7-2-8-12)10-3-5-11(13)6-4-10/h3-6H,2,7-9,13H2,1H3. The molecule has 2 heteroatoms. The summed E-state index contributed by atoms with van der Waals surface area (Å²) in [5.41, 5.74) is 8.51. The lowest BCUT2D eigenvalue weighted by molar-refractivity contribution is 0.279. The van der Waals surface area contributed by atoms with E-state index >= 15 is 0 Å². The van der Waals surface area contributed by atoms with Crippen LogP contribution in [0.25, 0.3) is 0 Å². The molecule has 0 heterocycles. The van der Waals surface area contributed by atoms with Crippen molar-refractivity contribution in [3.05, 3.63) is 29.8 Å². The van der Waals surface area contributed by atoms with Crippen LogP contribution in [0.15, 0.2) is 24.3 Å². The number of nitrogen functional groups attached to an aromatic ring is 1. The van der Waals surface area contributed by atoms with Gasteiger partial charge in [0.25, 0.3) is 0 Å². The van der Waals surface area contributed by atoms with Crippen molar-refractivity contribution in [2.24, 2.45) is 0 Å². The fraction of sp³-hybridized carbons (Fsp3) is 0.500. The summed E-state index contributed by atoms with van der Waals surface area (Å²) in [4.78, 5) is 0. The molecule has 2 rings (SSSR count). The van der Waals surface area contributed by atoms with Gasteiger partial charge in [-0.05, 0) is 36.8 Å². The molecule has 1 fully saturated rings. The summed E-state index contributed by atoms with van der Waals surface area (Å²) in [7, 11) is 0. The smallest absolute Gasteiger partial charge is 0.0314 e. The van der Waals surface area contributed by atoms with Gasteiger partial charge in [0.05, 0.1) is 0 Å². The SMILES string of the molecule is CSCC1(c2ccc(N)cc2)CCC1. The van der Waals surface area contributed by atoms with E-state index < -0.39 is 0 Å². The zero-order chi connectivity index (χ0) is 10.0. The monoisotopic (exact) mass is 207 g/mol. The highest BCUT2D eigenvalue weighted by Crippen LogP contribution is 2.45. The van der Waals surface area contributed by atoms with Gasteiger partial charge >= 0.3 is 0 Å². The Morgan fingerprint density at radius 1 is 1.29 bits per heavy atom. The van der Waals surface area contributed by atoms with Gasteiger partial charge in [0.15, 0.2) is 0 Å². The molecule has 76 valence electrons. The predicted molar refractivity (Wildman–Crippen MR) is 64.8 cm³/mol. The number of thioether (sulfide) groups is 1. The first kappa shape index (κ1) is 9.91. The lowest BCUT2D eigenvalue weighted by atomic mass is 9.66. The summed E-state index contributed by atoms with van der Waals surface area (Å²) in [6.07, 6.45) is 6.26. The molecule has 14 heavy (non-hydrogen) atoms. The Morgan fingerprint density at radius 3 is 2.36 bits per heavy atom. The van der Waals surface area contributed by atoms with Crippen LogP contribution in [0.4, 0.5) is 5.69 Å². The maximum absolute atomic E-state index is 5.70. The minimum atomic E-state index is 0.465. The average Bonchev–Trinajstić information content (AvgIpc) is 2.13. The second-order valence-corrected chi connectivity index (χ2v) is 5.05. The molecule has 0 aliphatic heterocycles. The van der Waals surface area contributed by atoms with E-state index in [1.54, 1.807) is 0 Å². The molecule has 0 aromatic heterocycles.